The van der Waals surface area contributed by atoms with Crippen molar-refractivity contribution in [3.63, 3.8) is 0 Å². The lowest BCUT2D eigenvalue weighted by Gasteiger charge is -2.38. The monoisotopic (exact) mass is 197 g/mol. The van der Waals surface area contributed by atoms with Gasteiger partial charge in [0.2, 0.25) is 0 Å². The van der Waals surface area contributed by atoms with Crippen molar-refractivity contribution < 1.29 is 4.74 Å². The van der Waals surface area contributed by atoms with Gasteiger partial charge in [-0.1, -0.05) is 13.8 Å². The fourth-order valence-electron chi connectivity index (χ4n) is 2.67. The van der Waals surface area contributed by atoms with Crippen LogP contribution in [0.5, 0.6) is 0 Å². The highest BCUT2D eigenvalue weighted by molar-refractivity contribution is 4.87. The Bertz CT molecular complexity index is 194. The summed E-state index contributed by atoms with van der Waals surface area (Å²) in [6.07, 6.45) is 7.52. The van der Waals surface area contributed by atoms with Crippen LogP contribution in [0.15, 0.2) is 0 Å². The maximum atomic E-state index is 5.97. The zero-order chi connectivity index (χ0) is 10.1. The van der Waals surface area contributed by atoms with Crippen LogP contribution in [0.2, 0.25) is 0 Å². The zero-order valence-electron chi connectivity index (χ0n) is 9.57. The van der Waals surface area contributed by atoms with Gasteiger partial charge in [-0.25, -0.2) is 0 Å². The largest absolute Gasteiger partial charge is 0.361 e. The van der Waals surface area contributed by atoms with Crippen LogP contribution in [0.4, 0.5) is 0 Å². The zero-order valence-corrected chi connectivity index (χ0v) is 9.57. The summed E-state index contributed by atoms with van der Waals surface area (Å²) in [7, 11) is 0. The highest BCUT2D eigenvalue weighted by Gasteiger charge is 2.37. The SMILES string of the molecule is CC1(C)CCCC2(CC1)NCCCO2. The van der Waals surface area contributed by atoms with Gasteiger partial charge < -0.3 is 4.74 Å². The standard InChI is InChI=1S/C12H23NO/c1-11(2)5-3-6-12(8-7-11)13-9-4-10-14-12/h13H,3-10H2,1-2H3. The van der Waals surface area contributed by atoms with Gasteiger partial charge in [-0.15, -0.1) is 0 Å². The Kier molecular flexibility index (Phi) is 2.85. The molecular weight excluding hydrogens is 174 g/mol. The Labute approximate surface area is 87.4 Å². The van der Waals surface area contributed by atoms with Crippen LogP contribution >= 0.6 is 0 Å². The van der Waals surface area contributed by atoms with Crippen molar-refractivity contribution in [3.05, 3.63) is 0 Å². The van der Waals surface area contributed by atoms with Crippen molar-refractivity contribution >= 4 is 0 Å². The van der Waals surface area contributed by atoms with Crippen LogP contribution < -0.4 is 5.32 Å². The van der Waals surface area contributed by atoms with Crippen LogP contribution in [0.25, 0.3) is 0 Å². The van der Waals surface area contributed by atoms with Gasteiger partial charge in [0, 0.05) is 0 Å². The summed E-state index contributed by atoms with van der Waals surface area (Å²) in [4.78, 5) is 0. The van der Waals surface area contributed by atoms with Crippen molar-refractivity contribution in [1.82, 2.24) is 5.32 Å². The molecule has 0 bridgehead atoms. The molecule has 2 heteroatoms. The fraction of sp³-hybridized carbons (Fsp3) is 1.00. The smallest absolute Gasteiger partial charge is 0.119 e. The molecule has 0 aromatic heterocycles. The van der Waals surface area contributed by atoms with Gasteiger partial charge in [0.15, 0.2) is 0 Å². The van der Waals surface area contributed by atoms with Gasteiger partial charge in [0.05, 0.1) is 6.61 Å². The van der Waals surface area contributed by atoms with Gasteiger partial charge in [0.1, 0.15) is 5.72 Å². The Morgan fingerprint density at radius 3 is 2.57 bits per heavy atom. The van der Waals surface area contributed by atoms with Crippen LogP contribution in [-0.2, 0) is 4.74 Å². The molecular formula is C12H23NO. The van der Waals surface area contributed by atoms with E-state index in [1.54, 1.807) is 0 Å². The molecule has 0 amide bonds. The minimum atomic E-state index is 0.0476. The molecule has 14 heavy (non-hydrogen) atoms. The predicted molar refractivity (Wildman–Crippen MR) is 58.2 cm³/mol. The van der Waals surface area contributed by atoms with E-state index in [2.05, 4.69) is 19.2 Å². The van der Waals surface area contributed by atoms with Crippen molar-refractivity contribution in [2.45, 2.75) is 58.1 Å². The molecule has 1 unspecified atom stereocenters. The molecule has 1 N–H and O–H groups in total. The maximum absolute atomic E-state index is 5.97. The first-order valence-electron chi connectivity index (χ1n) is 6.01. The number of ether oxygens (including phenoxy) is 1. The van der Waals surface area contributed by atoms with Crippen molar-refractivity contribution in [2.24, 2.45) is 5.41 Å². The molecule has 0 aromatic rings. The number of nitrogens with one attached hydrogen (secondary N) is 1. The topological polar surface area (TPSA) is 21.3 Å². The van der Waals surface area contributed by atoms with E-state index in [1.807, 2.05) is 0 Å². The first-order chi connectivity index (χ1) is 6.62. The lowest BCUT2D eigenvalue weighted by atomic mass is 9.85. The van der Waals surface area contributed by atoms with Crippen LogP contribution in [0.3, 0.4) is 0 Å². The van der Waals surface area contributed by atoms with Gasteiger partial charge in [-0.2, -0.15) is 0 Å². The first kappa shape index (κ1) is 10.4. The average Bonchev–Trinajstić information content (AvgIpc) is 2.29. The quantitative estimate of drug-likeness (QED) is 0.644. The minimum Gasteiger partial charge on any atom is -0.361 e. The summed E-state index contributed by atoms with van der Waals surface area (Å²) in [5.41, 5.74) is 0.567. The molecule has 2 aliphatic rings. The van der Waals surface area contributed by atoms with E-state index in [1.165, 1.54) is 38.5 Å². The third-order valence-electron chi connectivity index (χ3n) is 3.79. The Balaban J connectivity index is 1.99. The molecule has 1 heterocycles. The second-order valence-corrected chi connectivity index (χ2v) is 5.64. The second kappa shape index (κ2) is 3.82. The maximum Gasteiger partial charge on any atom is 0.119 e. The Hall–Kier alpha value is -0.0800. The molecule has 0 aromatic carbocycles. The summed E-state index contributed by atoms with van der Waals surface area (Å²) in [6, 6.07) is 0. The fourth-order valence-corrected chi connectivity index (χ4v) is 2.67. The number of rotatable bonds is 0. The van der Waals surface area contributed by atoms with Gasteiger partial charge in [-0.05, 0) is 50.5 Å². The lowest BCUT2D eigenvalue weighted by Crippen LogP contribution is -2.51. The van der Waals surface area contributed by atoms with Crippen molar-refractivity contribution in [1.29, 1.82) is 0 Å². The van der Waals surface area contributed by atoms with E-state index in [9.17, 15) is 0 Å². The van der Waals surface area contributed by atoms with E-state index in [-0.39, 0.29) is 5.72 Å². The molecule has 2 fully saturated rings. The predicted octanol–water partition coefficient (Wildman–Crippen LogP) is 2.68. The van der Waals surface area contributed by atoms with Crippen molar-refractivity contribution in [3.8, 4) is 0 Å². The normalized spacial score (nSPS) is 38.1. The molecule has 1 aliphatic carbocycles. The average molecular weight is 197 g/mol. The highest BCUT2D eigenvalue weighted by Crippen LogP contribution is 2.39. The summed E-state index contributed by atoms with van der Waals surface area (Å²) in [6.45, 7) is 6.86. The van der Waals surface area contributed by atoms with Crippen LogP contribution in [0, 0.1) is 5.41 Å². The second-order valence-electron chi connectivity index (χ2n) is 5.64. The molecule has 1 spiro atoms. The van der Waals surface area contributed by atoms with E-state index in [4.69, 9.17) is 4.74 Å². The van der Waals surface area contributed by atoms with Crippen molar-refractivity contribution in [2.75, 3.05) is 13.2 Å². The van der Waals surface area contributed by atoms with Gasteiger partial charge in [0.25, 0.3) is 0 Å². The van der Waals surface area contributed by atoms with Crippen LogP contribution in [0.1, 0.15) is 52.4 Å². The van der Waals surface area contributed by atoms with Gasteiger partial charge >= 0.3 is 0 Å². The Morgan fingerprint density at radius 1 is 1.00 bits per heavy atom. The van der Waals surface area contributed by atoms with Gasteiger partial charge in [-0.3, -0.25) is 5.32 Å². The van der Waals surface area contributed by atoms with Crippen LogP contribution in [-0.4, -0.2) is 18.9 Å². The summed E-state index contributed by atoms with van der Waals surface area (Å²) >= 11 is 0. The first-order valence-corrected chi connectivity index (χ1v) is 6.01. The third kappa shape index (κ3) is 2.29. The van der Waals surface area contributed by atoms with E-state index < -0.39 is 0 Å². The third-order valence-corrected chi connectivity index (χ3v) is 3.79. The molecule has 1 aliphatic heterocycles. The summed E-state index contributed by atoms with van der Waals surface area (Å²) in [5.74, 6) is 0. The molecule has 2 nitrogen and oxygen atoms in total. The summed E-state index contributed by atoms with van der Waals surface area (Å²) in [5, 5.41) is 3.59. The molecule has 1 atom stereocenters. The summed E-state index contributed by atoms with van der Waals surface area (Å²) < 4.78 is 5.97. The highest BCUT2D eigenvalue weighted by atomic mass is 16.5. The van der Waals surface area contributed by atoms with E-state index >= 15 is 0 Å². The number of hydrogen-bond acceptors (Lipinski definition) is 2. The van der Waals surface area contributed by atoms with E-state index in [0.717, 1.165) is 13.2 Å². The molecule has 1 saturated carbocycles. The van der Waals surface area contributed by atoms with E-state index in [0.29, 0.717) is 5.41 Å². The Morgan fingerprint density at radius 2 is 1.86 bits per heavy atom. The molecule has 2 rings (SSSR count). The number of hydrogen-bond donors (Lipinski definition) is 1. The molecule has 1 saturated heterocycles. The lowest BCUT2D eigenvalue weighted by molar-refractivity contribution is -0.105. The minimum absolute atomic E-state index is 0.0476. The molecule has 0 radical (unpaired) electrons. The molecule has 82 valence electrons.